The van der Waals surface area contributed by atoms with Crippen molar-refractivity contribution in [3.8, 4) is 5.75 Å². The van der Waals surface area contributed by atoms with Crippen LogP contribution in [-0.4, -0.2) is 40.3 Å². The minimum Gasteiger partial charge on any atom is -0.488 e. The number of hydrogen-bond acceptors (Lipinski definition) is 6. The molecule has 0 heterocycles. The topological polar surface area (TPSA) is 120 Å². The van der Waals surface area contributed by atoms with Crippen molar-refractivity contribution in [2.45, 2.75) is 39.0 Å². The van der Waals surface area contributed by atoms with Gasteiger partial charge in [0.15, 0.2) is 17.2 Å². The molecule has 0 radical (unpaired) electrons. The van der Waals surface area contributed by atoms with Crippen LogP contribution in [0.3, 0.4) is 0 Å². The summed E-state index contributed by atoms with van der Waals surface area (Å²) in [5.74, 6) is -2.39. The van der Waals surface area contributed by atoms with Crippen molar-refractivity contribution in [2.24, 2.45) is 0 Å². The first-order chi connectivity index (χ1) is 15.5. The minimum atomic E-state index is -2.12. The van der Waals surface area contributed by atoms with Crippen LogP contribution in [-0.2, 0) is 16.1 Å². The predicted octanol–water partition coefficient (Wildman–Crippen LogP) is 3.26. The Hall–Kier alpha value is -3.30. The Morgan fingerprint density at radius 3 is 2.42 bits per heavy atom. The molecule has 33 heavy (non-hydrogen) atoms. The van der Waals surface area contributed by atoms with E-state index in [-0.39, 0.29) is 17.7 Å². The average Bonchev–Trinajstić information content (AvgIpc) is 2.73. The first kappa shape index (κ1) is 26.0. The predicted molar refractivity (Wildman–Crippen MR) is 123 cm³/mol. The van der Waals surface area contributed by atoms with Gasteiger partial charge in [-0.2, -0.15) is 0 Å². The summed E-state index contributed by atoms with van der Waals surface area (Å²) < 4.78 is 19.7. The maximum absolute atomic E-state index is 14.4. The van der Waals surface area contributed by atoms with E-state index >= 15 is 0 Å². The number of carboxylic acids is 1. The highest BCUT2D eigenvalue weighted by atomic mass is 35.5. The van der Waals surface area contributed by atoms with Gasteiger partial charge >= 0.3 is 5.97 Å². The standard InChI is InChI=1S/C23H27ClFN3O5/c1-14(2)33-19-9-8-17(10-18(19)25)28-20(26-12-15-4-6-16(24)7-5-15)11-21(29)27-13-23(3,32)22(30)31/h4-11,14,26,28,32H,12-13H2,1-3H3,(H,27,29)(H,30,31)/b20-11+. The van der Waals surface area contributed by atoms with Crippen LogP contribution in [0.1, 0.15) is 26.3 Å². The van der Waals surface area contributed by atoms with Crippen LogP contribution >= 0.6 is 11.6 Å². The molecule has 178 valence electrons. The van der Waals surface area contributed by atoms with Gasteiger partial charge in [-0.15, -0.1) is 0 Å². The maximum atomic E-state index is 14.4. The molecular weight excluding hydrogens is 453 g/mol. The second-order valence-corrected chi connectivity index (χ2v) is 8.21. The third kappa shape index (κ3) is 8.63. The number of halogens is 2. The average molecular weight is 480 g/mol. The second kappa shape index (κ2) is 11.5. The number of rotatable bonds is 11. The number of hydrogen-bond donors (Lipinski definition) is 5. The number of carbonyl (C=O) groups excluding carboxylic acids is 1. The molecule has 1 amide bonds. The Balaban J connectivity index is 2.17. The summed E-state index contributed by atoms with van der Waals surface area (Å²) in [6, 6.07) is 11.3. The number of carbonyl (C=O) groups is 2. The zero-order valence-corrected chi connectivity index (χ0v) is 19.2. The molecule has 0 aliphatic heterocycles. The van der Waals surface area contributed by atoms with Gasteiger partial charge in [0.05, 0.1) is 12.6 Å². The van der Waals surface area contributed by atoms with E-state index in [1.807, 2.05) is 0 Å². The van der Waals surface area contributed by atoms with Crippen LogP contribution < -0.4 is 20.7 Å². The number of aliphatic carboxylic acids is 1. The van der Waals surface area contributed by atoms with Crippen molar-refractivity contribution >= 4 is 29.2 Å². The van der Waals surface area contributed by atoms with Crippen molar-refractivity contribution in [2.75, 3.05) is 11.9 Å². The van der Waals surface area contributed by atoms with Crippen LogP contribution in [0.25, 0.3) is 0 Å². The summed E-state index contributed by atoms with van der Waals surface area (Å²) in [4.78, 5) is 23.3. The Labute approximate surface area is 196 Å². The molecule has 0 fully saturated rings. The van der Waals surface area contributed by atoms with Gasteiger partial charge in [0, 0.05) is 29.4 Å². The lowest BCUT2D eigenvalue weighted by Crippen LogP contribution is -2.46. The molecular formula is C23H27ClFN3O5. The largest absolute Gasteiger partial charge is 0.488 e. The van der Waals surface area contributed by atoms with Crippen LogP contribution in [0.2, 0.25) is 5.02 Å². The molecule has 0 aromatic heterocycles. The fourth-order valence-corrected chi connectivity index (χ4v) is 2.66. The van der Waals surface area contributed by atoms with Gasteiger partial charge < -0.3 is 30.9 Å². The monoisotopic (exact) mass is 479 g/mol. The van der Waals surface area contributed by atoms with Gasteiger partial charge in [-0.25, -0.2) is 9.18 Å². The van der Waals surface area contributed by atoms with E-state index in [4.69, 9.17) is 21.4 Å². The van der Waals surface area contributed by atoms with Crippen molar-refractivity contribution in [3.05, 3.63) is 70.8 Å². The molecule has 0 aliphatic carbocycles. The van der Waals surface area contributed by atoms with E-state index in [2.05, 4.69) is 16.0 Å². The number of ether oxygens (including phenoxy) is 1. The third-order valence-corrected chi connectivity index (χ3v) is 4.56. The van der Waals surface area contributed by atoms with Gasteiger partial charge in [0.25, 0.3) is 0 Å². The summed E-state index contributed by atoms with van der Waals surface area (Å²) >= 11 is 5.90. The van der Waals surface area contributed by atoms with Crippen molar-refractivity contribution in [3.63, 3.8) is 0 Å². The molecule has 0 bridgehead atoms. The van der Waals surface area contributed by atoms with Gasteiger partial charge in [0.2, 0.25) is 5.91 Å². The highest BCUT2D eigenvalue weighted by Gasteiger charge is 2.30. The van der Waals surface area contributed by atoms with Gasteiger partial charge in [-0.3, -0.25) is 4.79 Å². The number of benzene rings is 2. The number of nitrogens with one attached hydrogen (secondary N) is 3. The molecule has 2 rings (SSSR count). The molecule has 0 aliphatic rings. The zero-order valence-electron chi connectivity index (χ0n) is 18.5. The lowest BCUT2D eigenvalue weighted by atomic mass is 10.1. The Kier molecular flexibility index (Phi) is 9.07. The smallest absolute Gasteiger partial charge is 0.337 e. The summed E-state index contributed by atoms with van der Waals surface area (Å²) in [6.45, 7) is 4.45. The van der Waals surface area contributed by atoms with E-state index in [9.17, 15) is 19.1 Å². The van der Waals surface area contributed by atoms with Crippen molar-refractivity contribution < 1.29 is 28.9 Å². The lowest BCUT2D eigenvalue weighted by molar-refractivity contribution is -0.156. The summed E-state index contributed by atoms with van der Waals surface area (Å²) in [6.07, 6.45) is 0.950. The van der Waals surface area contributed by atoms with E-state index < -0.39 is 29.8 Å². The summed E-state index contributed by atoms with van der Waals surface area (Å²) in [5, 5.41) is 27.6. The fourth-order valence-electron chi connectivity index (χ4n) is 2.53. The van der Waals surface area contributed by atoms with Gasteiger partial charge in [-0.05, 0) is 50.6 Å². The quantitative estimate of drug-likeness (QED) is 0.314. The van der Waals surface area contributed by atoms with Crippen LogP contribution in [0, 0.1) is 5.82 Å². The van der Waals surface area contributed by atoms with Gasteiger partial charge in [-0.1, -0.05) is 23.7 Å². The highest BCUT2D eigenvalue weighted by Crippen LogP contribution is 2.23. The molecule has 0 saturated carbocycles. The minimum absolute atomic E-state index is 0.101. The Bertz CT molecular complexity index is 1010. The number of aliphatic hydroxyl groups is 1. The summed E-state index contributed by atoms with van der Waals surface area (Å²) in [5.41, 5.74) is -0.902. The molecule has 0 saturated heterocycles. The van der Waals surface area contributed by atoms with Crippen molar-refractivity contribution in [1.82, 2.24) is 10.6 Å². The van der Waals surface area contributed by atoms with Crippen molar-refractivity contribution in [1.29, 1.82) is 0 Å². The third-order valence-electron chi connectivity index (χ3n) is 4.31. The first-order valence-corrected chi connectivity index (χ1v) is 10.5. The van der Waals surface area contributed by atoms with E-state index in [1.165, 1.54) is 12.1 Å². The van der Waals surface area contributed by atoms with Crippen LogP contribution in [0.15, 0.2) is 54.4 Å². The van der Waals surface area contributed by atoms with Gasteiger partial charge in [0.1, 0.15) is 5.82 Å². The molecule has 2 aromatic carbocycles. The molecule has 8 nitrogen and oxygen atoms in total. The number of anilines is 1. The molecule has 2 aromatic rings. The van der Waals surface area contributed by atoms with Crippen LogP contribution in [0.4, 0.5) is 10.1 Å². The normalized spacial score (nSPS) is 13.2. The highest BCUT2D eigenvalue weighted by molar-refractivity contribution is 6.30. The lowest BCUT2D eigenvalue weighted by Gasteiger charge is -2.18. The molecule has 1 unspecified atom stereocenters. The fraction of sp³-hybridized carbons (Fsp3) is 0.304. The molecule has 1 atom stereocenters. The van der Waals surface area contributed by atoms with E-state index in [0.717, 1.165) is 18.6 Å². The zero-order chi connectivity index (χ0) is 24.6. The SMILES string of the molecule is CC(C)Oc1ccc(N/C(=C/C(=O)NCC(C)(O)C(=O)O)NCc2ccc(Cl)cc2)cc1F. The summed E-state index contributed by atoms with van der Waals surface area (Å²) in [7, 11) is 0. The number of carboxylic acid groups (broad SMARTS) is 1. The Morgan fingerprint density at radius 2 is 1.85 bits per heavy atom. The number of amides is 1. The molecule has 0 spiro atoms. The first-order valence-electron chi connectivity index (χ1n) is 10.1. The van der Waals surface area contributed by atoms with E-state index in [1.54, 1.807) is 44.2 Å². The maximum Gasteiger partial charge on any atom is 0.337 e. The molecule has 10 heteroatoms. The Morgan fingerprint density at radius 1 is 1.18 bits per heavy atom. The second-order valence-electron chi connectivity index (χ2n) is 7.77. The molecule has 5 N–H and O–H groups in total. The van der Waals surface area contributed by atoms with Crippen LogP contribution in [0.5, 0.6) is 5.75 Å². The van der Waals surface area contributed by atoms with E-state index in [0.29, 0.717) is 17.3 Å².